The Morgan fingerprint density at radius 3 is 2.05 bits per heavy atom. The van der Waals surface area contributed by atoms with Crippen LogP contribution in [0.5, 0.6) is 0 Å². The van der Waals surface area contributed by atoms with Crippen molar-refractivity contribution in [2.24, 2.45) is 5.92 Å². The third-order valence-corrected chi connectivity index (χ3v) is 5.75. The highest BCUT2D eigenvalue weighted by Gasteiger charge is 2.23. The number of aryl methyl sites for hydroxylation is 2. The molecule has 0 aromatic heterocycles. The molecule has 1 aliphatic rings. The first-order valence-corrected chi connectivity index (χ1v) is 8.36. The second-order valence-electron chi connectivity index (χ2n) is 5.99. The number of hydrogen-bond donors (Lipinski definition) is 1. The van der Waals surface area contributed by atoms with E-state index >= 15 is 0 Å². The van der Waals surface area contributed by atoms with Gasteiger partial charge >= 0.3 is 0 Å². The molecular formula is C17H26BrN. The Labute approximate surface area is 126 Å². The van der Waals surface area contributed by atoms with Crippen LogP contribution in [0.2, 0.25) is 0 Å². The first-order chi connectivity index (χ1) is 9.13. The van der Waals surface area contributed by atoms with Gasteiger partial charge in [0.2, 0.25) is 0 Å². The van der Waals surface area contributed by atoms with Gasteiger partial charge in [0, 0.05) is 10.5 Å². The molecule has 1 saturated carbocycles. The zero-order chi connectivity index (χ0) is 13.8. The molecule has 0 bridgehead atoms. The molecule has 0 spiro atoms. The Kier molecular flexibility index (Phi) is 5.47. The van der Waals surface area contributed by atoms with Crippen LogP contribution < -0.4 is 5.32 Å². The topological polar surface area (TPSA) is 12.0 Å². The van der Waals surface area contributed by atoms with Gasteiger partial charge in [0.25, 0.3) is 0 Å². The maximum absolute atomic E-state index is 3.67. The zero-order valence-electron chi connectivity index (χ0n) is 12.4. The highest BCUT2D eigenvalue weighted by Crippen LogP contribution is 2.35. The van der Waals surface area contributed by atoms with Gasteiger partial charge in [-0.25, -0.2) is 0 Å². The second-order valence-corrected chi connectivity index (χ2v) is 6.78. The maximum Gasteiger partial charge on any atom is 0.0346 e. The number of nitrogens with one attached hydrogen (secondary N) is 1. The molecule has 1 unspecified atom stereocenters. The standard InChI is InChI=1S/C17H26BrN/c1-12-10-15(11-13(2)16(12)18)17(19-3)14-8-6-4-5-7-9-14/h10-11,14,17,19H,4-9H2,1-3H3. The predicted octanol–water partition coefficient (Wildman–Crippen LogP) is 5.30. The van der Waals surface area contributed by atoms with Crippen LogP contribution in [0.25, 0.3) is 0 Å². The summed E-state index contributed by atoms with van der Waals surface area (Å²) in [6.07, 6.45) is 8.39. The fraction of sp³-hybridized carbons (Fsp3) is 0.647. The van der Waals surface area contributed by atoms with E-state index in [9.17, 15) is 0 Å². The monoisotopic (exact) mass is 323 g/mol. The number of halogens is 1. The van der Waals surface area contributed by atoms with E-state index in [2.05, 4.69) is 54.3 Å². The van der Waals surface area contributed by atoms with Crippen LogP contribution >= 0.6 is 15.9 Å². The van der Waals surface area contributed by atoms with Gasteiger partial charge < -0.3 is 5.32 Å². The van der Waals surface area contributed by atoms with Gasteiger partial charge in [-0.15, -0.1) is 0 Å². The Bertz CT molecular complexity index is 396. The highest BCUT2D eigenvalue weighted by molar-refractivity contribution is 9.10. The van der Waals surface area contributed by atoms with Gasteiger partial charge in [-0.05, 0) is 56.3 Å². The van der Waals surface area contributed by atoms with Crippen LogP contribution in [-0.4, -0.2) is 7.05 Å². The van der Waals surface area contributed by atoms with Crippen LogP contribution in [0, 0.1) is 19.8 Å². The fourth-order valence-electron chi connectivity index (χ4n) is 3.48. The van der Waals surface area contributed by atoms with E-state index in [0.29, 0.717) is 6.04 Å². The van der Waals surface area contributed by atoms with Crippen molar-refractivity contribution in [1.82, 2.24) is 5.32 Å². The van der Waals surface area contributed by atoms with Crippen molar-refractivity contribution in [3.8, 4) is 0 Å². The average Bonchev–Trinajstić information content (AvgIpc) is 2.66. The maximum atomic E-state index is 3.67. The Morgan fingerprint density at radius 2 is 1.58 bits per heavy atom. The molecule has 2 rings (SSSR count). The van der Waals surface area contributed by atoms with E-state index in [0.717, 1.165) is 5.92 Å². The van der Waals surface area contributed by atoms with Gasteiger partial charge in [-0.1, -0.05) is 53.7 Å². The molecular weight excluding hydrogens is 298 g/mol. The lowest BCUT2D eigenvalue weighted by atomic mass is 9.86. The van der Waals surface area contributed by atoms with Crippen LogP contribution in [0.1, 0.15) is 61.3 Å². The number of rotatable bonds is 3. The molecule has 106 valence electrons. The van der Waals surface area contributed by atoms with E-state index in [1.807, 2.05) is 0 Å². The molecule has 1 aliphatic carbocycles. The molecule has 0 amide bonds. The summed E-state index contributed by atoms with van der Waals surface area (Å²) >= 11 is 3.67. The Hall–Kier alpha value is -0.340. The van der Waals surface area contributed by atoms with Crippen molar-refractivity contribution in [3.05, 3.63) is 33.3 Å². The van der Waals surface area contributed by atoms with Gasteiger partial charge in [0.05, 0.1) is 0 Å². The average molecular weight is 324 g/mol. The first kappa shape index (κ1) is 15.1. The molecule has 0 saturated heterocycles. The minimum Gasteiger partial charge on any atom is -0.313 e. The fourth-order valence-corrected chi connectivity index (χ4v) is 3.71. The summed E-state index contributed by atoms with van der Waals surface area (Å²) in [5, 5.41) is 3.57. The molecule has 0 heterocycles. The second kappa shape index (κ2) is 6.90. The summed E-state index contributed by atoms with van der Waals surface area (Å²) in [5.41, 5.74) is 4.17. The summed E-state index contributed by atoms with van der Waals surface area (Å²) in [6.45, 7) is 4.39. The van der Waals surface area contributed by atoms with Crippen molar-refractivity contribution < 1.29 is 0 Å². The lowest BCUT2D eigenvalue weighted by molar-refractivity contribution is 0.341. The quantitative estimate of drug-likeness (QED) is 0.744. The van der Waals surface area contributed by atoms with Crippen molar-refractivity contribution in [1.29, 1.82) is 0 Å². The van der Waals surface area contributed by atoms with Gasteiger partial charge in [0.15, 0.2) is 0 Å². The Morgan fingerprint density at radius 1 is 1.05 bits per heavy atom. The molecule has 1 aromatic carbocycles. The number of hydrogen-bond acceptors (Lipinski definition) is 1. The van der Waals surface area contributed by atoms with Gasteiger partial charge in [-0.2, -0.15) is 0 Å². The van der Waals surface area contributed by atoms with E-state index in [1.165, 1.54) is 59.7 Å². The minimum absolute atomic E-state index is 0.517. The van der Waals surface area contributed by atoms with E-state index in [4.69, 9.17) is 0 Å². The van der Waals surface area contributed by atoms with Gasteiger partial charge in [-0.3, -0.25) is 0 Å². The summed E-state index contributed by atoms with van der Waals surface area (Å²) in [4.78, 5) is 0. The molecule has 19 heavy (non-hydrogen) atoms. The van der Waals surface area contributed by atoms with E-state index in [-0.39, 0.29) is 0 Å². The number of benzene rings is 1. The molecule has 0 aliphatic heterocycles. The summed E-state index contributed by atoms with van der Waals surface area (Å²) in [6, 6.07) is 5.22. The lowest BCUT2D eigenvalue weighted by Gasteiger charge is -2.27. The van der Waals surface area contributed by atoms with E-state index < -0.39 is 0 Å². The van der Waals surface area contributed by atoms with Crippen LogP contribution in [0.15, 0.2) is 16.6 Å². The van der Waals surface area contributed by atoms with Crippen molar-refractivity contribution in [3.63, 3.8) is 0 Å². The molecule has 1 fully saturated rings. The molecule has 1 nitrogen and oxygen atoms in total. The summed E-state index contributed by atoms with van der Waals surface area (Å²) in [7, 11) is 2.11. The third kappa shape index (κ3) is 3.61. The van der Waals surface area contributed by atoms with Crippen LogP contribution in [0.3, 0.4) is 0 Å². The van der Waals surface area contributed by atoms with Gasteiger partial charge in [0.1, 0.15) is 0 Å². The van der Waals surface area contributed by atoms with Crippen molar-refractivity contribution >= 4 is 15.9 Å². The van der Waals surface area contributed by atoms with Crippen molar-refractivity contribution in [2.45, 2.75) is 58.4 Å². The Balaban J connectivity index is 2.25. The highest BCUT2D eigenvalue weighted by atomic mass is 79.9. The molecule has 1 N–H and O–H groups in total. The zero-order valence-corrected chi connectivity index (χ0v) is 14.0. The molecule has 0 radical (unpaired) electrons. The first-order valence-electron chi connectivity index (χ1n) is 7.57. The van der Waals surface area contributed by atoms with E-state index in [1.54, 1.807) is 0 Å². The van der Waals surface area contributed by atoms with Crippen LogP contribution in [-0.2, 0) is 0 Å². The van der Waals surface area contributed by atoms with Crippen molar-refractivity contribution in [2.75, 3.05) is 7.05 Å². The normalized spacial score (nSPS) is 19.2. The lowest BCUT2D eigenvalue weighted by Crippen LogP contribution is -2.25. The predicted molar refractivity (Wildman–Crippen MR) is 86.6 cm³/mol. The smallest absolute Gasteiger partial charge is 0.0346 e. The molecule has 2 heteroatoms. The molecule has 1 aromatic rings. The summed E-state index contributed by atoms with van der Waals surface area (Å²) < 4.78 is 1.26. The SMILES string of the molecule is CNC(c1cc(C)c(Br)c(C)c1)C1CCCCCC1. The van der Waals surface area contributed by atoms with Crippen LogP contribution in [0.4, 0.5) is 0 Å². The molecule has 1 atom stereocenters. The third-order valence-electron chi connectivity index (χ3n) is 4.50. The largest absolute Gasteiger partial charge is 0.313 e. The summed E-state index contributed by atoms with van der Waals surface area (Å²) in [5.74, 6) is 0.799. The minimum atomic E-state index is 0.517.